The summed E-state index contributed by atoms with van der Waals surface area (Å²) in [6.45, 7) is 0. The van der Waals surface area contributed by atoms with Crippen molar-refractivity contribution in [1.82, 2.24) is 9.55 Å². The molecule has 0 fully saturated rings. The van der Waals surface area contributed by atoms with Gasteiger partial charge >= 0.3 is 0 Å². The third-order valence-corrected chi connectivity index (χ3v) is 4.54. The first-order valence-corrected chi connectivity index (χ1v) is 7.77. The van der Waals surface area contributed by atoms with Gasteiger partial charge in [-0.2, -0.15) is 0 Å². The van der Waals surface area contributed by atoms with Gasteiger partial charge in [0.2, 0.25) is 0 Å². The quantitative estimate of drug-likeness (QED) is 0.379. The third kappa shape index (κ3) is 2.36. The lowest BCUT2D eigenvalue weighted by Gasteiger charge is -2.08. The predicted octanol–water partition coefficient (Wildman–Crippen LogP) is 5.74. The molecule has 0 saturated heterocycles. The summed E-state index contributed by atoms with van der Waals surface area (Å²) < 4.78 is 16.4. The molecule has 1 aromatic heterocycles. The topological polar surface area (TPSA) is 20.7 Å². The van der Waals surface area contributed by atoms with Gasteiger partial charge in [0, 0.05) is 11.1 Å². The van der Waals surface area contributed by atoms with Gasteiger partial charge in [0.05, 0.1) is 25.3 Å². The smallest absolute Gasteiger partial charge is 0.182 e. The summed E-state index contributed by atoms with van der Waals surface area (Å²) in [6.07, 6.45) is 0. The van der Waals surface area contributed by atoms with E-state index in [1.54, 1.807) is 28.8 Å². The summed E-state index contributed by atoms with van der Waals surface area (Å²) in [5.74, 6) is -0.306. The number of fused-ring (bicyclic) bond motifs is 1. The van der Waals surface area contributed by atoms with Gasteiger partial charge in [-0.3, -0.25) is 4.57 Å². The van der Waals surface area contributed by atoms with Crippen LogP contribution in [0.25, 0.3) is 16.7 Å². The van der Waals surface area contributed by atoms with E-state index in [0.29, 0.717) is 29.6 Å². The molecule has 1 heterocycles. The summed E-state index contributed by atoms with van der Waals surface area (Å²) in [5.41, 5.74) is 1.99. The molecule has 0 bridgehead atoms. The highest BCUT2D eigenvalue weighted by molar-refractivity contribution is 14.1. The molecule has 2 aromatic carbocycles. The van der Waals surface area contributed by atoms with E-state index in [1.165, 1.54) is 6.07 Å². The maximum Gasteiger partial charge on any atom is 0.182 e. The fourth-order valence-corrected chi connectivity index (χ4v) is 3.14. The zero-order chi connectivity index (χ0) is 14.4. The Kier molecular flexibility index (Phi) is 3.79. The number of hydrogen-bond donors (Lipinski definition) is 1. The van der Waals surface area contributed by atoms with Crippen molar-refractivity contribution in [3.63, 3.8) is 0 Å². The Morgan fingerprint density at radius 2 is 1.95 bits per heavy atom. The highest BCUT2D eigenvalue weighted by atomic mass is 127. The van der Waals surface area contributed by atoms with E-state index in [0.717, 1.165) is 5.52 Å². The van der Waals surface area contributed by atoms with Gasteiger partial charge in [-0.15, -0.1) is 0 Å². The second-order valence-corrected chi connectivity index (χ2v) is 6.54. The van der Waals surface area contributed by atoms with E-state index in [4.69, 9.17) is 35.4 Å². The number of halogens is 4. The van der Waals surface area contributed by atoms with E-state index in [-0.39, 0.29) is 5.82 Å². The third-order valence-electron chi connectivity index (χ3n) is 2.87. The number of nitrogens with zero attached hydrogens (tertiary/aromatic N) is 1. The maximum atomic E-state index is 13.8. The van der Waals surface area contributed by atoms with Crippen molar-refractivity contribution in [3.05, 3.63) is 54.5 Å². The van der Waals surface area contributed by atoms with Crippen molar-refractivity contribution in [2.24, 2.45) is 0 Å². The normalized spacial score (nSPS) is 11.2. The lowest BCUT2D eigenvalue weighted by atomic mass is 10.2. The first kappa shape index (κ1) is 14.3. The number of imidazole rings is 1. The van der Waals surface area contributed by atoms with Gasteiger partial charge in [-0.1, -0.05) is 23.2 Å². The molecule has 20 heavy (non-hydrogen) atoms. The molecule has 0 unspecified atom stereocenters. The Hall–Kier alpha value is -0.630. The molecular weight excluding hydrogens is 433 g/mol. The summed E-state index contributed by atoms with van der Waals surface area (Å²) in [5, 5.41) is 1.02. The largest absolute Gasteiger partial charge is 0.330 e. The minimum atomic E-state index is -0.306. The number of benzene rings is 2. The lowest BCUT2D eigenvalue weighted by Crippen LogP contribution is -1.96. The molecule has 0 saturated carbocycles. The molecule has 0 aliphatic rings. The Morgan fingerprint density at radius 1 is 1.20 bits per heavy atom. The fraction of sp³-hybridized carbons (Fsp3) is 0. The Bertz CT molecular complexity index is 888. The molecule has 7 heteroatoms. The molecule has 3 aromatic rings. The summed E-state index contributed by atoms with van der Waals surface area (Å²) in [7, 11) is 0. The zero-order valence-corrected chi connectivity index (χ0v) is 14.2. The van der Waals surface area contributed by atoms with E-state index in [2.05, 4.69) is 4.98 Å². The van der Waals surface area contributed by atoms with Crippen LogP contribution in [0.1, 0.15) is 0 Å². The van der Waals surface area contributed by atoms with Crippen LogP contribution < -0.4 is 0 Å². The number of H-pyrrole nitrogens is 1. The van der Waals surface area contributed by atoms with Gasteiger partial charge in [-0.25, -0.2) is 4.39 Å². The van der Waals surface area contributed by atoms with E-state index < -0.39 is 0 Å². The average molecular weight is 439 g/mol. The SMILES string of the molecule is Fc1cc2c(cc1I)[nH]c(=S)n2-c1cc(Cl)ccc1Cl. The van der Waals surface area contributed by atoms with Crippen molar-refractivity contribution >= 4 is 69.0 Å². The van der Waals surface area contributed by atoms with Crippen molar-refractivity contribution in [2.75, 3.05) is 0 Å². The van der Waals surface area contributed by atoms with Gasteiger partial charge in [0.25, 0.3) is 0 Å². The molecule has 2 nitrogen and oxygen atoms in total. The molecule has 0 aliphatic heterocycles. The van der Waals surface area contributed by atoms with Crippen LogP contribution in [-0.4, -0.2) is 9.55 Å². The number of aromatic amines is 1. The standard InChI is InChI=1S/C13H6Cl2FIN2S/c14-6-1-2-7(15)11(3-6)19-12-4-8(16)9(17)5-10(12)18-13(19)20/h1-5H,(H,18,20). The molecule has 3 rings (SSSR count). The molecule has 0 radical (unpaired) electrons. The number of aromatic nitrogens is 2. The fourth-order valence-electron chi connectivity index (χ4n) is 2.00. The van der Waals surface area contributed by atoms with Crippen LogP contribution in [0.3, 0.4) is 0 Å². The molecule has 0 atom stereocenters. The first-order chi connectivity index (χ1) is 9.47. The average Bonchev–Trinajstić information content (AvgIpc) is 2.69. The number of rotatable bonds is 1. The second kappa shape index (κ2) is 5.29. The Labute approximate surface area is 142 Å². The van der Waals surface area contributed by atoms with E-state index in [1.807, 2.05) is 22.6 Å². The minimum absolute atomic E-state index is 0.306. The van der Waals surface area contributed by atoms with E-state index >= 15 is 0 Å². The maximum absolute atomic E-state index is 13.8. The second-order valence-electron chi connectivity index (χ2n) is 4.14. The summed E-state index contributed by atoms with van der Waals surface area (Å²) >= 11 is 19.4. The molecular formula is C13H6Cl2FIN2S. The van der Waals surface area contributed by atoms with Crippen LogP contribution in [0.4, 0.5) is 4.39 Å². The van der Waals surface area contributed by atoms with Crippen LogP contribution in [0.5, 0.6) is 0 Å². The van der Waals surface area contributed by atoms with Crippen LogP contribution in [-0.2, 0) is 0 Å². The Morgan fingerprint density at radius 3 is 2.70 bits per heavy atom. The predicted molar refractivity (Wildman–Crippen MR) is 91.2 cm³/mol. The number of hydrogen-bond acceptors (Lipinski definition) is 1. The van der Waals surface area contributed by atoms with Crippen LogP contribution in [0, 0.1) is 14.2 Å². The van der Waals surface area contributed by atoms with E-state index in [9.17, 15) is 4.39 Å². The molecule has 0 spiro atoms. The highest BCUT2D eigenvalue weighted by Gasteiger charge is 2.12. The summed E-state index contributed by atoms with van der Waals surface area (Å²) in [4.78, 5) is 3.04. The van der Waals surface area contributed by atoms with Crippen LogP contribution in [0.2, 0.25) is 10.0 Å². The van der Waals surface area contributed by atoms with Crippen LogP contribution in [0.15, 0.2) is 30.3 Å². The Balaban J connectivity index is 2.42. The highest BCUT2D eigenvalue weighted by Crippen LogP contribution is 2.29. The molecule has 102 valence electrons. The monoisotopic (exact) mass is 438 g/mol. The van der Waals surface area contributed by atoms with Crippen molar-refractivity contribution in [3.8, 4) is 5.69 Å². The van der Waals surface area contributed by atoms with Crippen LogP contribution >= 0.6 is 58.0 Å². The van der Waals surface area contributed by atoms with Crippen molar-refractivity contribution in [2.45, 2.75) is 0 Å². The minimum Gasteiger partial charge on any atom is -0.330 e. The van der Waals surface area contributed by atoms with Gasteiger partial charge < -0.3 is 4.98 Å². The number of nitrogens with one attached hydrogen (secondary N) is 1. The van der Waals surface area contributed by atoms with Gasteiger partial charge in [0.15, 0.2) is 4.77 Å². The molecule has 0 aliphatic carbocycles. The summed E-state index contributed by atoms with van der Waals surface area (Å²) in [6, 6.07) is 8.21. The zero-order valence-electron chi connectivity index (χ0n) is 9.75. The first-order valence-electron chi connectivity index (χ1n) is 5.52. The van der Waals surface area contributed by atoms with Gasteiger partial charge in [-0.05, 0) is 59.1 Å². The van der Waals surface area contributed by atoms with Crippen molar-refractivity contribution < 1.29 is 4.39 Å². The van der Waals surface area contributed by atoms with Crippen molar-refractivity contribution in [1.29, 1.82) is 0 Å². The lowest BCUT2D eigenvalue weighted by molar-refractivity contribution is 0.622. The molecule has 0 amide bonds. The van der Waals surface area contributed by atoms with Gasteiger partial charge in [0.1, 0.15) is 5.82 Å². The molecule has 1 N–H and O–H groups in total.